The molecule has 108 valence electrons. The summed E-state index contributed by atoms with van der Waals surface area (Å²) in [6, 6.07) is 0. The second-order valence-electron chi connectivity index (χ2n) is 6.00. The Morgan fingerprint density at radius 3 is 1.95 bits per heavy atom. The van der Waals surface area contributed by atoms with Crippen molar-refractivity contribution in [2.24, 2.45) is 5.41 Å². The van der Waals surface area contributed by atoms with Gasteiger partial charge in [0.15, 0.2) is 0 Å². The lowest BCUT2D eigenvalue weighted by atomic mass is 9.78. The minimum absolute atomic E-state index is 0.306. The standard InChI is InChI=1S/C14H25N3O2/c1-3-14(2)4-8-16(9-5-14)12(18)13(19)17-10-6-15-7-11-17/h15H,3-11H2,1-2H3. The number of amides is 2. The van der Waals surface area contributed by atoms with Gasteiger partial charge in [0.25, 0.3) is 0 Å². The third-order valence-electron chi connectivity index (χ3n) is 4.70. The molecule has 0 bridgehead atoms. The van der Waals surface area contributed by atoms with Crippen LogP contribution >= 0.6 is 0 Å². The molecule has 0 saturated carbocycles. The largest absolute Gasteiger partial charge is 0.334 e. The van der Waals surface area contributed by atoms with Crippen LogP contribution in [0.1, 0.15) is 33.1 Å². The fourth-order valence-corrected chi connectivity index (χ4v) is 2.74. The molecule has 0 unspecified atom stereocenters. The van der Waals surface area contributed by atoms with Crippen LogP contribution in [0.2, 0.25) is 0 Å². The van der Waals surface area contributed by atoms with Crippen molar-refractivity contribution in [3.8, 4) is 0 Å². The van der Waals surface area contributed by atoms with Gasteiger partial charge in [-0.25, -0.2) is 0 Å². The number of piperazine rings is 1. The molecular formula is C14H25N3O2. The fourth-order valence-electron chi connectivity index (χ4n) is 2.74. The Bertz CT molecular complexity index is 343. The summed E-state index contributed by atoms with van der Waals surface area (Å²) in [5, 5.41) is 3.19. The van der Waals surface area contributed by atoms with E-state index in [9.17, 15) is 9.59 Å². The molecule has 5 heteroatoms. The summed E-state index contributed by atoms with van der Waals surface area (Å²) in [6.45, 7) is 8.77. The van der Waals surface area contributed by atoms with Gasteiger partial charge in [0.1, 0.15) is 0 Å². The Hall–Kier alpha value is -1.10. The van der Waals surface area contributed by atoms with E-state index in [0.717, 1.165) is 45.4 Å². The van der Waals surface area contributed by atoms with Gasteiger partial charge in [-0.15, -0.1) is 0 Å². The molecular weight excluding hydrogens is 242 g/mol. The molecule has 0 spiro atoms. The van der Waals surface area contributed by atoms with Crippen LogP contribution in [0.3, 0.4) is 0 Å². The molecule has 0 aromatic rings. The molecule has 2 fully saturated rings. The molecule has 1 N–H and O–H groups in total. The molecule has 2 rings (SSSR count). The number of hydrogen-bond acceptors (Lipinski definition) is 3. The smallest absolute Gasteiger partial charge is 0.312 e. The first-order valence-electron chi connectivity index (χ1n) is 7.35. The number of carbonyl (C=O) groups excluding carboxylic acids is 2. The van der Waals surface area contributed by atoms with Crippen LogP contribution in [0, 0.1) is 5.41 Å². The van der Waals surface area contributed by atoms with Crippen molar-refractivity contribution in [2.45, 2.75) is 33.1 Å². The van der Waals surface area contributed by atoms with Crippen molar-refractivity contribution >= 4 is 11.8 Å². The normalized spacial score (nSPS) is 23.3. The zero-order valence-corrected chi connectivity index (χ0v) is 12.1. The number of piperidine rings is 1. The SMILES string of the molecule is CCC1(C)CCN(C(=O)C(=O)N2CCNCC2)CC1. The van der Waals surface area contributed by atoms with Crippen molar-refractivity contribution < 1.29 is 9.59 Å². The van der Waals surface area contributed by atoms with Crippen LogP contribution in [0.5, 0.6) is 0 Å². The van der Waals surface area contributed by atoms with Gasteiger partial charge in [0.05, 0.1) is 0 Å². The van der Waals surface area contributed by atoms with Crippen molar-refractivity contribution in [2.75, 3.05) is 39.3 Å². The highest BCUT2D eigenvalue weighted by atomic mass is 16.2. The van der Waals surface area contributed by atoms with E-state index < -0.39 is 0 Å². The van der Waals surface area contributed by atoms with E-state index in [1.807, 2.05) is 0 Å². The van der Waals surface area contributed by atoms with E-state index >= 15 is 0 Å². The van der Waals surface area contributed by atoms with Crippen LogP contribution in [-0.4, -0.2) is 60.9 Å². The number of likely N-dealkylation sites (tertiary alicyclic amines) is 1. The average molecular weight is 267 g/mol. The van der Waals surface area contributed by atoms with Crippen molar-refractivity contribution in [1.29, 1.82) is 0 Å². The maximum absolute atomic E-state index is 12.2. The number of carbonyl (C=O) groups is 2. The van der Waals surface area contributed by atoms with Crippen molar-refractivity contribution in [3.05, 3.63) is 0 Å². The summed E-state index contributed by atoms with van der Waals surface area (Å²) < 4.78 is 0. The van der Waals surface area contributed by atoms with Gasteiger partial charge >= 0.3 is 11.8 Å². The number of rotatable bonds is 1. The molecule has 2 aliphatic heterocycles. The van der Waals surface area contributed by atoms with Gasteiger partial charge < -0.3 is 15.1 Å². The molecule has 19 heavy (non-hydrogen) atoms. The lowest BCUT2D eigenvalue weighted by molar-refractivity contribution is -0.153. The summed E-state index contributed by atoms with van der Waals surface area (Å²) in [7, 11) is 0. The van der Waals surface area contributed by atoms with Gasteiger partial charge in [-0.2, -0.15) is 0 Å². The van der Waals surface area contributed by atoms with Crippen molar-refractivity contribution in [1.82, 2.24) is 15.1 Å². The molecule has 0 aromatic carbocycles. The van der Waals surface area contributed by atoms with Crippen LogP contribution in [0.15, 0.2) is 0 Å². The molecule has 2 aliphatic rings. The Labute approximate surface area is 115 Å². The van der Waals surface area contributed by atoms with E-state index in [-0.39, 0.29) is 11.8 Å². The predicted molar refractivity (Wildman–Crippen MR) is 73.7 cm³/mol. The zero-order chi connectivity index (χ0) is 13.9. The summed E-state index contributed by atoms with van der Waals surface area (Å²) in [4.78, 5) is 27.8. The first-order valence-corrected chi connectivity index (χ1v) is 7.35. The molecule has 0 aromatic heterocycles. The van der Waals surface area contributed by atoms with E-state index in [4.69, 9.17) is 0 Å². The van der Waals surface area contributed by atoms with Crippen LogP contribution in [0.25, 0.3) is 0 Å². The zero-order valence-electron chi connectivity index (χ0n) is 12.1. The summed E-state index contributed by atoms with van der Waals surface area (Å²) >= 11 is 0. The van der Waals surface area contributed by atoms with Crippen LogP contribution in [0.4, 0.5) is 0 Å². The second-order valence-corrected chi connectivity index (χ2v) is 6.00. The van der Waals surface area contributed by atoms with Crippen molar-refractivity contribution in [3.63, 3.8) is 0 Å². The van der Waals surface area contributed by atoms with Gasteiger partial charge in [-0.05, 0) is 18.3 Å². The third-order valence-corrected chi connectivity index (χ3v) is 4.70. The average Bonchev–Trinajstić information content (AvgIpc) is 2.47. The van der Waals surface area contributed by atoms with E-state index in [1.165, 1.54) is 0 Å². The monoisotopic (exact) mass is 267 g/mol. The van der Waals surface area contributed by atoms with Gasteiger partial charge in [0, 0.05) is 39.3 Å². The Morgan fingerprint density at radius 2 is 1.47 bits per heavy atom. The number of nitrogens with zero attached hydrogens (tertiary/aromatic N) is 2. The molecule has 2 saturated heterocycles. The third kappa shape index (κ3) is 3.26. The molecule has 5 nitrogen and oxygen atoms in total. The van der Waals surface area contributed by atoms with E-state index in [2.05, 4.69) is 19.2 Å². The van der Waals surface area contributed by atoms with E-state index in [1.54, 1.807) is 9.80 Å². The molecule has 0 aliphatic carbocycles. The van der Waals surface area contributed by atoms with Crippen LogP contribution in [-0.2, 0) is 9.59 Å². The first-order chi connectivity index (χ1) is 9.06. The van der Waals surface area contributed by atoms with Gasteiger partial charge in [0.2, 0.25) is 0 Å². The number of hydrogen-bond donors (Lipinski definition) is 1. The highest BCUT2D eigenvalue weighted by Crippen LogP contribution is 2.33. The second kappa shape index (κ2) is 5.90. The van der Waals surface area contributed by atoms with Gasteiger partial charge in [-0.3, -0.25) is 9.59 Å². The first kappa shape index (κ1) is 14.3. The topological polar surface area (TPSA) is 52.7 Å². The lowest BCUT2D eigenvalue weighted by Crippen LogP contribution is -2.53. The highest BCUT2D eigenvalue weighted by molar-refractivity contribution is 6.34. The summed E-state index contributed by atoms with van der Waals surface area (Å²) in [5.41, 5.74) is 0.342. The summed E-state index contributed by atoms with van der Waals surface area (Å²) in [6.07, 6.45) is 3.15. The number of nitrogens with one attached hydrogen (secondary N) is 1. The Morgan fingerprint density at radius 1 is 1.00 bits per heavy atom. The molecule has 0 radical (unpaired) electrons. The minimum Gasteiger partial charge on any atom is -0.334 e. The van der Waals surface area contributed by atoms with Gasteiger partial charge in [-0.1, -0.05) is 20.3 Å². The molecule has 2 heterocycles. The maximum Gasteiger partial charge on any atom is 0.312 e. The highest BCUT2D eigenvalue weighted by Gasteiger charge is 2.34. The molecule has 2 amide bonds. The Balaban J connectivity index is 1.88. The van der Waals surface area contributed by atoms with E-state index in [0.29, 0.717) is 18.5 Å². The maximum atomic E-state index is 12.2. The molecule has 0 atom stereocenters. The lowest BCUT2D eigenvalue weighted by Gasteiger charge is -2.39. The quantitative estimate of drug-likeness (QED) is 0.702. The Kier molecular flexibility index (Phi) is 4.45. The fraction of sp³-hybridized carbons (Fsp3) is 0.857. The minimum atomic E-state index is -0.318. The van der Waals surface area contributed by atoms with Crippen LogP contribution < -0.4 is 5.32 Å². The summed E-state index contributed by atoms with van der Waals surface area (Å²) in [5.74, 6) is -0.623. The predicted octanol–water partition coefficient (Wildman–Crippen LogP) is 0.457.